The fourth-order valence-corrected chi connectivity index (χ4v) is 2.36. The second-order valence-corrected chi connectivity index (χ2v) is 4.82. The third kappa shape index (κ3) is 3.00. The summed E-state index contributed by atoms with van der Waals surface area (Å²) in [5.74, 6) is -2.30. The van der Waals surface area contributed by atoms with Gasteiger partial charge in [0, 0.05) is 6.42 Å². The van der Waals surface area contributed by atoms with Gasteiger partial charge < -0.3 is 15.2 Å². The third-order valence-electron chi connectivity index (χ3n) is 3.39. The van der Waals surface area contributed by atoms with E-state index in [0.717, 1.165) is 0 Å². The van der Waals surface area contributed by atoms with Gasteiger partial charge in [-0.05, 0) is 43.0 Å². The second-order valence-electron chi connectivity index (χ2n) is 4.82. The molecule has 0 radical (unpaired) electrons. The molecule has 0 saturated carbocycles. The summed E-state index contributed by atoms with van der Waals surface area (Å²) in [7, 11) is 0. The number of dihydropyridines is 1. The quantitative estimate of drug-likeness (QED) is 0.811. The van der Waals surface area contributed by atoms with Crippen molar-refractivity contribution >= 4 is 11.9 Å². The lowest BCUT2D eigenvalue weighted by molar-refractivity contribution is -0.151. The van der Waals surface area contributed by atoms with Gasteiger partial charge in [0.1, 0.15) is 5.82 Å². The fourth-order valence-electron chi connectivity index (χ4n) is 2.36. The van der Waals surface area contributed by atoms with Crippen LogP contribution in [-0.4, -0.2) is 29.2 Å². The minimum absolute atomic E-state index is 0.0363. The highest BCUT2D eigenvalue weighted by atomic mass is 19.1. The van der Waals surface area contributed by atoms with Crippen molar-refractivity contribution in [1.82, 2.24) is 5.32 Å². The Morgan fingerprint density at radius 1 is 1.32 bits per heavy atom. The van der Waals surface area contributed by atoms with Crippen molar-refractivity contribution in [3.8, 4) is 0 Å². The van der Waals surface area contributed by atoms with E-state index in [-0.39, 0.29) is 18.6 Å². The number of aliphatic carboxylic acids is 1. The van der Waals surface area contributed by atoms with E-state index in [1.54, 1.807) is 6.92 Å². The monoisotopic (exact) mass is 305 g/mol. The van der Waals surface area contributed by atoms with Gasteiger partial charge in [0.15, 0.2) is 5.54 Å². The van der Waals surface area contributed by atoms with E-state index in [9.17, 15) is 19.1 Å². The molecule has 116 valence electrons. The molecule has 1 aromatic rings. The van der Waals surface area contributed by atoms with Crippen molar-refractivity contribution in [2.75, 3.05) is 6.61 Å². The Morgan fingerprint density at radius 2 is 2.00 bits per heavy atom. The molecule has 2 N–H and O–H groups in total. The van der Waals surface area contributed by atoms with Gasteiger partial charge in [-0.1, -0.05) is 12.1 Å². The molecule has 5 nitrogen and oxygen atoms in total. The lowest BCUT2D eigenvalue weighted by Crippen LogP contribution is -2.56. The van der Waals surface area contributed by atoms with Crippen molar-refractivity contribution in [1.29, 1.82) is 0 Å². The Labute approximate surface area is 127 Å². The molecule has 0 saturated heterocycles. The Kier molecular flexibility index (Phi) is 4.60. The van der Waals surface area contributed by atoms with Crippen molar-refractivity contribution in [2.45, 2.75) is 18.9 Å². The zero-order valence-corrected chi connectivity index (χ0v) is 12.0. The molecule has 22 heavy (non-hydrogen) atoms. The zero-order valence-electron chi connectivity index (χ0n) is 12.0. The molecular formula is C16H16FNO4. The van der Waals surface area contributed by atoms with Gasteiger partial charge >= 0.3 is 11.9 Å². The maximum atomic E-state index is 13.0. The first-order valence-corrected chi connectivity index (χ1v) is 6.79. The van der Waals surface area contributed by atoms with E-state index in [2.05, 4.69) is 5.32 Å². The van der Waals surface area contributed by atoms with Crippen LogP contribution >= 0.6 is 0 Å². The summed E-state index contributed by atoms with van der Waals surface area (Å²) in [4.78, 5) is 23.9. The van der Waals surface area contributed by atoms with Gasteiger partial charge in [-0.3, -0.25) is 0 Å². The molecule has 6 heteroatoms. The molecule has 0 fully saturated rings. The van der Waals surface area contributed by atoms with Crippen LogP contribution in [0.3, 0.4) is 0 Å². The van der Waals surface area contributed by atoms with Crippen molar-refractivity contribution in [2.24, 2.45) is 0 Å². The van der Waals surface area contributed by atoms with Crippen LogP contribution in [0.5, 0.6) is 0 Å². The predicted octanol–water partition coefficient (Wildman–Crippen LogP) is 1.80. The van der Waals surface area contributed by atoms with Crippen LogP contribution in [0.1, 0.15) is 12.5 Å². The highest BCUT2D eigenvalue weighted by molar-refractivity contribution is 6.01. The average Bonchev–Trinajstić information content (AvgIpc) is 2.50. The van der Waals surface area contributed by atoms with E-state index in [0.29, 0.717) is 5.56 Å². The van der Waals surface area contributed by atoms with Crippen molar-refractivity contribution in [3.63, 3.8) is 0 Å². The van der Waals surface area contributed by atoms with Crippen molar-refractivity contribution in [3.05, 3.63) is 59.6 Å². The van der Waals surface area contributed by atoms with E-state index in [1.807, 2.05) is 0 Å². The number of rotatable bonds is 5. The summed E-state index contributed by atoms with van der Waals surface area (Å²) in [6, 6.07) is 5.54. The molecule has 0 aliphatic carbocycles. The van der Waals surface area contributed by atoms with E-state index in [4.69, 9.17) is 4.74 Å². The van der Waals surface area contributed by atoms with E-state index < -0.39 is 23.3 Å². The van der Waals surface area contributed by atoms with Crippen LogP contribution in [0.15, 0.2) is 48.2 Å². The molecule has 1 aliphatic heterocycles. The summed E-state index contributed by atoms with van der Waals surface area (Å²) >= 11 is 0. The number of hydrogen-bond donors (Lipinski definition) is 2. The van der Waals surface area contributed by atoms with E-state index >= 15 is 0 Å². The van der Waals surface area contributed by atoms with Crippen LogP contribution in [0.25, 0.3) is 0 Å². The SMILES string of the molecule is CCOC(=O)C1(Cc2ccc(F)cc2)NC=CC=C1C(=O)O. The molecular weight excluding hydrogens is 289 g/mol. The summed E-state index contributed by atoms with van der Waals surface area (Å²) in [6.45, 7) is 1.77. The van der Waals surface area contributed by atoms with E-state index in [1.165, 1.54) is 42.6 Å². The minimum Gasteiger partial charge on any atom is -0.478 e. The fraction of sp³-hybridized carbons (Fsp3) is 0.250. The molecule has 1 heterocycles. The van der Waals surface area contributed by atoms with Gasteiger partial charge in [-0.25, -0.2) is 14.0 Å². The molecule has 0 spiro atoms. The molecule has 1 aliphatic rings. The first-order chi connectivity index (χ1) is 10.5. The van der Waals surface area contributed by atoms with Crippen molar-refractivity contribution < 1.29 is 23.8 Å². The van der Waals surface area contributed by atoms with Crippen LogP contribution in [-0.2, 0) is 20.7 Å². The number of hydrogen-bond acceptors (Lipinski definition) is 4. The maximum Gasteiger partial charge on any atom is 0.337 e. The summed E-state index contributed by atoms with van der Waals surface area (Å²) in [5.41, 5.74) is -1.03. The molecule has 1 atom stereocenters. The molecule has 2 rings (SSSR count). The molecule has 1 unspecified atom stereocenters. The topological polar surface area (TPSA) is 75.6 Å². The molecule has 1 aromatic carbocycles. The number of ether oxygens (including phenoxy) is 1. The van der Waals surface area contributed by atoms with Gasteiger partial charge in [0.2, 0.25) is 0 Å². The maximum absolute atomic E-state index is 13.0. The number of carboxylic acids is 1. The van der Waals surface area contributed by atoms with Crippen LogP contribution in [0.2, 0.25) is 0 Å². The number of carboxylic acid groups (broad SMARTS) is 1. The standard InChI is InChI=1S/C16H16FNO4/c1-2-22-15(21)16(10-11-5-7-12(17)8-6-11)13(14(19)20)4-3-9-18-16/h3-9,18H,2,10H2,1H3,(H,19,20). The number of halogens is 1. The number of benzene rings is 1. The molecule has 0 aromatic heterocycles. The highest BCUT2D eigenvalue weighted by Crippen LogP contribution is 2.27. The average molecular weight is 305 g/mol. The lowest BCUT2D eigenvalue weighted by atomic mass is 9.81. The number of carbonyl (C=O) groups excluding carboxylic acids is 1. The van der Waals surface area contributed by atoms with Crippen LogP contribution in [0, 0.1) is 5.82 Å². The number of carbonyl (C=O) groups is 2. The number of nitrogens with one attached hydrogen (secondary N) is 1. The normalized spacial score (nSPS) is 20.0. The summed E-state index contributed by atoms with van der Waals surface area (Å²) in [6.07, 6.45) is 4.40. The minimum atomic E-state index is -1.53. The zero-order chi connectivity index (χ0) is 16.2. The summed E-state index contributed by atoms with van der Waals surface area (Å²) < 4.78 is 18.1. The Balaban J connectivity index is 2.44. The molecule has 0 bridgehead atoms. The highest BCUT2D eigenvalue weighted by Gasteiger charge is 2.47. The number of esters is 1. The third-order valence-corrected chi connectivity index (χ3v) is 3.39. The summed E-state index contributed by atoms with van der Waals surface area (Å²) in [5, 5.41) is 12.2. The van der Waals surface area contributed by atoms with Gasteiger partial charge in [0.25, 0.3) is 0 Å². The Morgan fingerprint density at radius 3 is 2.59 bits per heavy atom. The van der Waals surface area contributed by atoms with Crippen LogP contribution < -0.4 is 5.32 Å². The number of allylic oxidation sites excluding steroid dienone is 2. The van der Waals surface area contributed by atoms with Gasteiger partial charge in [-0.2, -0.15) is 0 Å². The van der Waals surface area contributed by atoms with Crippen LogP contribution in [0.4, 0.5) is 4.39 Å². The Hall–Kier alpha value is -2.63. The van der Waals surface area contributed by atoms with Gasteiger partial charge in [-0.15, -0.1) is 0 Å². The molecule has 0 amide bonds. The second kappa shape index (κ2) is 6.43. The van der Waals surface area contributed by atoms with Gasteiger partial charge in [0.05, 0.1) is 12.2 Å². The Bertz CT molecular complexity index is 636. The first kappa shape index (κ1) is 15.8. The smallest absolute Gasteiger partial charge is 0.337 e. The predicted molar refractivity (Wildman–Crippen MR) is 77.5 cm³/mol. The lowest BCUT2D eigenvalue weighted by Gasteiger charge is -2.34. The largest absolute Gasteiger partial charge is 0.478 e. The first-order valence-electron chi connectivity index (χ1n) is 6.79.